The summed E-state index contributed by atoms with van der Waals surface area (Å²) in [4.78, 5) is 10.3. The molecule has 4 rings (SSSR count). The molecule has 1 aliphatic rings. The zero-order chi connectivity index (χ0) is 16.4. The van der Waals surface area contributed by atoms with Crippen molar-refractivity contribution >= 4 is 33.8 Å². The summed E-state index contributed by atoms with van der Waals surface area (Å²) in [7, 11) is 0. The molecule has 1 fully saturated rings. The van der Waals surface area contributed by atoms with Crippen LogP contribution in [0.3, 0.4) is 0 Å². The smallest absolute Gasteiger partial charge is 0.211 e. The standard InChI is InChI=1S/C17H20FN5S/c18-12-5-6-14-13(11-12)15-16(19-14)20-17(22-21-15)24-10-9-23-7-3-1-2-4-8-23/h5-6,11H,1-4,7-10H2,(H,19,20,22). The molecule has 0 aliphatic carbocycles. The van der Waals surface area contributed by atoms with Crippen molar-refractivity contribution in [2.24, 2.45) is 0 Å². The first-order valence-corrected chi connectivity index (χ1v) is 9.45. The van der Waals surface area contributed by atoms with Gasteiger partial charge in [-0.15, -0.1) is 10.2 Å². The van der Waals surface area contributed by atoms with Crippen LogP contribution in [-0.2, 0) is 0 Å². The van der Waals surface area contributed by atoms with Gasteiger partial charge in [0.1, 0.15) is 11.3 Å². The Kier molecular flexibility index (Phi) is 4.62. The molecule has 3 heterocycles. The average Bonchev–Trinajstić information content (AvgIpc) is 2.75. The average molecular weight is 345 g/mol. The van der Waals surface area contributed by atoms with Gasteiger partial charge < -0.3 is 9.88 Å². The van der Waals surface area contributed by atoms with Gasteiger partial charge in [0.15, 0.2) is 5.65 Å². The van der Waals surface area contributed by atoms with Crippen molar-refractivity contribution in [3.63, 3.8) is 0 Å². The zero-order valence-electron chi connectivity index (χ0n) is 13.5. The van der Waals surface area contributed by atoms with Crippen molar-refractivity contribution in [1.82, 2.24) is 25.1 Å². The Morgan fingerprint density at radius 3 is 2.79 bits per heavy atom. The van der Waals surface area contributed by atoms with E-state index in [1.54, 1.807) is 17.8 Å². The topological polar surface area (TPSA) is 57.7 Å². The molecule has 1 saturated heterocycles. The highest BCUT2D eigenvalue weighted by atomic mass is 32.2. The number of aromatic amines is 1. The lowest BCUT2D eigenvalue weighted by atomic mass is 10.2. The summed E-state index contributed by atoms with van der Waals surface area (Å²) in [6, 6.07) is 4.61. The largest absolute Gasteiger partial charge is 0.338 e. The normalized spacial score (nSPS) is 16.7. The van der Waals surface area contributed by atoms with Crippen molar-refractivity contribution in [2.75, 3.05) is 25.4 Å². The highest BCUT2D eigenvalue weighted by Gasteiger charge is 2.12. The number of benzene rings is 1. The van der Waals surface area contributed by atoms with Gasteiger partial charge >= 0.3 is 0 Å². The van der Waals surface area contributed by atoms with Gasteiger partial charge in [-0.05, 0) is 44.1 Å². The molecule has 1 aromatic carbocycles. The lowest BCUT2D eigenvalue weighted by molar-refractivity contribution is 0.303. The third-order valence-corrected chi connectivity index (χ3v) is 5.31. The highest BCUT2D eigenvalue weighted by Crippen LogP contribution is 2.24. The molecule has 2 aromatic heterocycles. The number of hydrogen-bond acceptors (Lipinski definition) is 5. The molecule has 1 aliphatic heterocycles. The number of halogens is 1. The molecular weight excluding hydrogens is 325 g/mol. The molecule has 0 spiro atoms. The summed E-state index contributed by atoms with van der Waals surface area (Å²) in [6.07, 6.45) is 5.32. The van der Waals surface area contributed by atoms with Crippen molar-refractivity contribution < 1.29 is 4.39 Å². The second-order valence-corrected chi connectivity index (χ2v) is 7.27. The van der Waals surface area contributed by atoms with Gasteiger partial charge in [-0.25, -0.2) is 9.37 Å². The minimum absolute atomic E-state index is 0.277. The van der Waals surface area contributed by atoms with Crippen LogP contribution in [0.1, 0.15) is 25.7 Å². The van der Waals surface area contributed by atoms with Crippen LogP contribution in [0, 0.1) is 5.82 Å². The molecule has 1 N–H and O–H groups in total. The zero-order valence-corrected chi connectivity index (χ0v) is 14.3. The maximum absolute atomic E-state index is 13.4. The highest BCUT2D eigenvalue weighted by molar-refractivity contribution is 7.99. The predicted octanol–water partition coefficient (Wildman–Crippen LogP) is 3.61. The molecule has 0 radical (unpaired) electrons. The van der Waals surface area contributed by atoms with Crippen LogP contribution >= 0.6 is 11.8 Å². The Morgan fingerprint density at radius 1 is 1.12 bits per heavy atom. The monoisotopic (exact) mass is 345 g/mol. The first-order valence-electron chi connectivity index (χ1n) is 8.46. The van der Waals surface area contributed by atoms with Crippen molar-refractivity contribution in [3.8, 4) is 0 Å². The van der Waals surface area contributed by atoms with Gasteiger partial charge in [0.2, 0.25) is 5.16 Å². The van der Waals surface area contributed by atoms with E-state index < -0.39 is 0 Å². The van der Waals surface area contributed by atoms with Crippen LogP contribution in [0.5, 0.6) is 0 Å². The Labute approximate surface area is 144 Å². The van der Waals surface area contributed by atoms with Crippen LogP contribution in [0.15, 0.2) is 23.4 Å². The number of aromatic nitrogens is 4. The van der Waals surface area contributed by atoms with Gasteiger partial charge in [-0.1, -0.05) is 24.6 Å². The van der Waals surface area contributed by atoms with Crippen LogP contribution in [-0.4, -0.2) is 50.5 Å². The number of H-pyrrole nitrogens is 1. The van der Waals surface area contributed by atoms with Crippen LogP contribution < -0.4 is 0 Å². The fraction of sp³-hybridized carbons (Fsp3) is 0.471. The van der Waals surface area contributed by atoms with Crippen LogP contribution in [0.2, 0.25) is 0 Å². The van der Waals surface area contributed by atoms with E-state index in [9.17, 15) is 4.39 Å². The van der Waals surface area contributed by atoms with Gasteiger partial charge in [0.25, 0.3) is 0 Å². The molecule has 0 unspecified atom stereocenters. The first kappa shape index (κ1) is 15.8. The summed E-state index contributed by atoms with van der Waals surface area (Å²) in [5.41, 5.74) is 2.13. The summed E-state index contributed by atoms with van der Waals surface area (Å²) in [6.45, 7) is 3.46. The molecule has 0 bridgehead atoms. The van der Waals surface area contributed by atoms with Crippen LogP contribution in [0.4, 0.5) is 4.39 Å². The van der Waals surface area contributed by atoms with E-state index in [0.29, 0.717) is 16.3 Å². The molecule has 3 aromatic rings. The van der Waals surface area contributed by atoms with Gasteiger partial charge in [-0.2, -0.15) is 0 Å². The molecular formula is C17H20FN5S. The number of nitrogens with one attached hydrogen (secondary N) is 1. The number of rotatable bonds is 4. The van der Waals surface area contributed by atoms with Gasteiger partial charge in [-0.3, -0.25) is 0 Å². The minimum atomic E-state index is -0.277. The van der Waals surface area contributed by atoms with E-state index in [0.717, 1.165) is 23.2 Å². The fourth-order valence-electron chi connectivity index (χ4n) is 3.22. The van der Waals surface area contributed by atoms with Gasteiger partial charge in [0, 0.05) is 23.2 Å². The van der Waals surface area contributed by atoms with E-state index in [4.69, 9.17) is 0 Å². The number of hydrogen-bond donors (Lipinski definition) is 1. The Hall–Kier alpha value is -1.73. The van der Waals surface area contributed by atoms with E-state index in [1.165, 1.54) is 50.9 Å². The maximum atomic E-state index is 13.4. The Bertz CT molecular complexity index is 841. The van der Waals surface area contributed by atoms with Gasteiger partial charge in [0.05, 0.1) is 0 Å². The summed E-state index contributed by atoms with van der Waals surface area (Å²) < 4.78 is 13.4. The SMILES string of the molecule is Fc1ccc2[nH]c3nc(SCCN4CCCCCC4)nnc3c2c1. The molecule has 0 saturated carbocycles. The number of likely N-dealkylation sites (tertiary alicyclic amines) is 1. The number of nitrogens with zero attached hydrogens (tertiary/aromatic N) is 4. The third-order valence-electron chi connectivity index (χ3n) is 4.49. The quantitative estimate of drug-likeness (QED) is 0.732. The van der Waals surface area contributed by atoms with Crippen molar-refractivity contribution in [3.05, 3.63) is 24.0 Å². The van der Waals surface area contributed by atoms with E-state index in [1.807, 2.05) is 0 Å². The van der Waals surface area contributed by atoms with Crippen molar-refractivity contribution in [2.45, 2.75) is 30.8 Å². The Balaban J connectivity index is 1.45. The minimum Gasteiger partial charge on any atom is -0.338 e. The molecule has 7 heteroatoms. The summed E-state index contributed by atoms with van der Waals surface area (Å²) in [5, 5.41) is 9.85. The summed E-state index contributed by atoms with van der Waals surface area (Å²) in [5.74, 6) is 0.684. The van der Waals surface area contributed by atoms with E-state index in [-0.39, 0.29) is 5.82 Å². The second kappa shape index (κ2) is 7.03. The molecule has 0 atom stereocenters. The van der Waals surface area contributed by atoms with Crippen molar-refractivity contribution in [1.29, 1.82) is 0 Å². The molecule has 24 heavy (non-hydrogen) atoms. The predicted molar refractivity (Wildman–Crippen MR) is 94.8 cm³/mol. The molecule has 126 valence electrons. The summed E-state index contributed by atoms with van der Waals surface area (Å²) >= 11 is 1.63. The molecule has 5 nitrogen and oxygen atoms in total. The number of fused-ring (bicyclic) bond motifs is 3. The van der Waals surface area contributed by atoms with E-state index >= 15 is 0 Å². The second-order valence-electron chi connectivity index (χ2n) is 6.21. The fourth-order valence-corrected chi connectivity index (χ4v) is 4.00. The lowest BCUT2D eigenvalue weighted by Crippen LogP contribution is -2.27. The molecule has 0 amide bonds. The third kappa shape index (κ3) is 3.37. The lowest BCUT2D eigenvalue weighted by Gasteiger charge is -2.18. The Morgan fingerprint density at radius 2 is 1.96 bits per heavy atom. The maximum Gasteiger partial charge on any atom is 0.211 e. The van der Waals surface area contributed by atoms with Crippen LogP contribution in [0.25, 0.3) is 22.1 Å². The van der Waals surface area contributed by atoms with E-state index in [2.05, 4.69) is 25.1 Å². The first-order chi connectivity index (χ1) is 11.8. The number of thioether (sulfide) groups is 1.